The van der Waals surface area contributed by atoms with Crippen LogP contribution in [0.3, 0.4) is 0 Å². The number of hydrogen-bond donors (Lipinski definition) is 2. The van der Waals surface area contributed by atoms with E-state index < -0.39 is 5.97 Å². The van der Waals surface area contributed by atoms with Crippen LogP contribution in [0.25, 0.3) is 0 Å². The normalized spacial score (nSPS) is 16.6. The SMILES string of the molecule is Cc1scc(C(=O)O)c1NC(=O)CN1CCCCCC1. The van der Waals surface area contributed by atoms with Crippen LogP contribution in [0.4, 0.5) is 5.69 Å². The van der Waals surface area contributed by atoms with E-state index in [0.717, 1.165) is 30.8 Å². The van der Waals surface area contributed by atoms with Crippen molar-refractivity contribution in [3.05, 3.63) is 15.8 Å². The third-order valence-electron chi connectivity index (χ3n) is 3.54. The fourth-order valence-electron chi connectivity index (χ4n) is 2.44. The molecule has 1 aliphatic heterocycles. The molecule has 2 heterocycles. The lowest BCUT2D eigenvalue weighted by Crippen LogP contribution is -2.34. The molecule has 2 rings (SSSR count). The average Bonchev–Trinajstić information content (AvgIpc) is 2.62. The van der Waals surface area contributed by atoms with Gasteiger partial charge in [-0.2, -0.15) is 0 Å². The van der Waals surface area contributed by atoms with Crippen molar-refractivity contribution in [2.24, 2.45) is 0 Å². The fourth-order valence-corrected chi connectivity index (χ4v) is 3.24. The smallest absolute Gasteiger partial charge is 0.338 e. The summed E-state index contributed by atoms with van der Waals surface area (Å²) < 4.78 is 0. The number of anilines is 1. The first-order valence-electron chi connectivity index (χ1n) is 6.91. The number of thiophene rings is 1. The summed E-state index contributed by atoms with van der Waals surface area (Å²) in [5, 5.41) is 13.4. The van der Waals surface area contributed by atoms with Gasteiger partial charge in [-0.1, -0.05) is 12.8 Å². The number of aryl methyl sites for hydroxylation is 1. The van der Waals surface area contributed by atoms with E-state index in [1.54, 1.807) is 5.38 Å². The number of carbonyl (C=O) groups is 2. The zero-order chi connectivity index (χ0) is 14.5. The molecule has 0 radical (unpaired) electrons. The minimum Gasteiger partial charge on any atom is -0.478 e. The van der Waals surface area contributed by atoms with Crippen molar-refractivity contribution in [3.63, 3.8) is 0 Å². The molecule has 6 heteroatoms. The van der Waals surface area contributed by atoms with Crippen LogP contribution in [0.15, 0.2) is 5.38 Å². The van der Waals surface area contributed by atoms with E-state index in [1.165, 1.54) is 24.2 Å². The van der Waals surface area contributed by atoms with Crippen molar-refractivity contribution in [1.29, 1.82) is 0 Å². The van der Waals surface area contributed by atoms with Gasteiger partial charge in [-0.25, -0.2) is 4.79 Å². The molecular weight excluding hydrogens is 276 g/mol. The van der Waals surface area contributed by atoms with Crippen molar-refractivity contribution >= 4 is 28.9 Å². The largest absolute Gasteiger partial charge is 0.478 e. The van der Waals surface area contributed by atoms with Gasteiger partial charge < -0.3 is 10.4 Å². The lowest BCUT2D eigenvalue weighted by molar-refractivity contribution is -0.117. The lowest BCUT2D eigenvalue weighted by Gasteiger charge is -2.19. The van der Waals surface area contributed by atoms with Gasteiger partial charge in [-0.05, 0) is 32.9 Å². The van der Waals surface area contributed by atoms with E-state index >= 15 is 0 Å². The molecule has 1 aliphatic rings. The van der Waals surface area contributed by atoms with Gasteiger partial charge in [0.25, 0.3) is 0 Å². The molecule has 0 bridgehead atoms. The van der Waals surface area contributed by atoms with E-state index in [2.05, 4.69) is 10.2 Å². The van der Waals surface area contributed by atoms with Gasteiger partial charge in [0, 0.05) is 10.3 Å². The van der Waals surface area contributed by atoms with E-state index in [4.69, 9.17) is 5.11 Å². The summed E-state index contributed by atoms with van der Waals surface area (Å²) in [6.07, 6.45) is 4.71. The molecule has 2 N–H and O–H groups in total. The van der Waals surface area contributed by atoms with Crippen LogP contribution in [0.2, 0.25) is 0 Å². The van der Waals surface area contributed by atoms with Crippen LogP contribution in [-0.2, 0) is 4.79 Å². The molecule has 1 fully saturated rings. The lowest BCUT2D eigenvalue weighted by atomic mass is 10.2. The van der Waals surface area contributed by atoms with E-state index in [1.807, 2.05) is 6.92 Å². The first-order valence-corrected chi connectivity index (χ1v) is 7.79. The Morgan fingerprint density at radius 2 is 1.95 bits per heavy atom. The number of carboxylic acid groups (broad SMARTS) is 1. The second-order valence-electron chi connectivity index (χ2n) is 5.12. The van der Waals surface area contributed by atoms with Crippen LogP contribution < -0.4 is 5.32 Å². The van der Waals surface area contributed by atoms with Crippen molar-refractivity contribution in [2.45, 2.75) is 32.6 Å². The third kappa shape index (κ3) is 3.80. The van der Waals surface area contributed by atoms with Gasteiger partial charge in [0.05, 0.1) is 17.8 Å². The summed E-state index contributed by atoms with van der Waals surface area (Å²) in [6, 6.07) is 0. The summed E-state index contributed by atoms with van der Waals surface area (Å²) in [4.78, 5) is 26.1. The molecule has 20 heavy (non-hydrogen) atoms. The van der Waals surface area contributed by atoms with Gasteiger partial charge >= 0.3 is 5.97 Å². The number of amides is 1. The molecule has 1 amide bonds. The first-order chi connectivity index (χ1) is 9.58. The van der Waals surface area contributed by atoms with E-state index in [-0.39, 0.29) is 11.5 Å². The Morgan fingerprint density at radius 3 is 2.55 bits per heavy atom. The molecule has 1 aromatic rings. The van der Waals surface area contributed by atoms with Crippen molar-refractivity contribution < 1.29 is 14.7 Å². The zero-order valence-electron chi connectivity index (χ0n) is 11.6. The molecule has 0 spiro atoms. The number of aromatic carboxylic acids is 1. The highest BCUT2D eigenvalue weighted by Crippen LogP contribution is 2.27. The maximum Gasteiger partial charge on any atom is 0.338 e. The zero-order valence-corrected chi connectivity index (χ0v) is 12.5. The second-order valence-corrected chi connectivity index (χ2v) is 6.21. The second kappa shape index (κ2) is 6.85. The molecule has 0 saturated carbocycles. The number of carboxylic acids is 1. The number of carbonyl (C=O) groups excluding carboxylic acids is 1. The Labute approximate surface area is 122 Å². The number of hydrogen-bond acceptors (Lipinski definition) is 4. The number of nitrogens with zero attached hydrogens (tertiary/aromatic N) is 1. The van der Waals surface area contributed by atoms with Crippen molar-refractivity contribution in [3.8, 4) is 0 Å². The minimum absolute atomic E-state index is 0.129. The summed E-state index contributed by atoms with van der Waals surface area (Å²) in [7, 11) is 0. The Balaban J connectivity index is 1.97. The monoisotopic (exact) mass is 296 g/mol. The minimum atomic E-state index is -1.00. The molecule has 5 nitrogen and oxygen atoms in total. The molecule has 1 saturated heterocycles. The Morgan fingerprint density at radius 1 is 1.30 bits per heavy atom. The number of nitrogens with one attached hydrogen (secondary N) is 1. The predicted molar refractivity (Wildman–Crippen MR) is 79.6 cm³/mol. The van der Waals surface area contributed by atoms with Gasteiger partial charge in [0.2, 0.25) is 5.91 Å². The Kier molecular flexibility index (Phi) is 5.14. The van der Waals surface area contributed by atoms with Gasteiger partial charge in [0.1, 0.15) is 0 Å². The Bertz CT molecular complexity index is 491. The van der Waals surface area contributed by atoms with Crippen LogP contribution in [0.1, 0.15) is 40.9 Å². The molecule has 0 aromatic carbocycles. The maximum absolute atomic E-state index is 12.1. The highest BCUT2D eigenvalue weighted by atomic mass is 32.1. The third-order valence-corrected chi connectivity index (χ3v) is 4.45. The fraction of sp³-hybridized carbons (Fsp3) is 0.571. The van der Waals surface area contributed by atoms with Crippen molar-refractivity contribution in [1.82, 2.24) is 4.90 Å². The quantitative estimate of drug-likeness (QED) is 0.896. The molecule has 110 valence electrons. The van der Waals surface area contributed by atoms with Gasteiger partial charge in [-0.15, -0.1) is 11.3 Å². The van der Waals surface area contributed by atoms with Crippen LogP contribution in [-0.4, -0.2) is 41.5 Å². The molecule has 0 atom stereocenters. The van der Waals surface area contributed by atoms with Crippen molar-refractivity contribution in [2.75, 3.05) is 25.0 Å². The van der Waals surface area contributed by atoms with Gasteiger partial charge in [-0.3, -0.25) is 9.69 Å². The summed E-state index contributed by atoms with van der Waals surface area (Å²) in [6.45, 7) is 4.05. The van der Waals surface area contributed by atoms with E-state index in [9.17, 15) is 9.59 Å². The molecule has 1 aromatic heterocycles. The Hall–Kier alpha value is -1.40. The molecule has 0 unspecified atom stereocenters. The highest BCUT2D eigenvalue weighted by molar-refractivity contribution is 7.10. The predicted octanol–water partition coefficient (Wildman–Crippen LogP) is 2.57. The summed E-state index contributed by atoms with van der Waals surface area (Å²) >= 11 is 1.34. The van der Waals surface area contributed by atoms with Crippen LogP contribution in [0.5, 0.6) is 0 Å². The molecular formula is C14H20N2O3S. The number of rotatable bonds is 4. The van der Waals surface area contributed by atoms with Crippen LogP contribution in [0, 0.1) is 6.92 Å². The van der Waals surface area contributed by atoms with Crippen LogP contribution >= 0.6 is 11.3 Å². The summed E-state index contributed by atoms with van der Waals surface area (Å²) in [5.74, 6) is -1.13. The molecule has 0 aliphatic carbocycles. The number of likely N-dealkylation sites (tertiary alicyclic amines) is 1. The first kappa shape index (κ1) is 15.0. The highest BCUT2D eigenvalue weighted by Gasteiger charge is 2.18. The van der Waals surface area contributed by atoms with E-state index in [0.29, 0.717) is 12.2 Å². The topological polar surface area (TPSA) is 69.6 Å². The van der Waals surface area contributed by atoms with Gasteiger partial charge in [0.15, 0.2) is 0 Å². The summed E-state index contributed by atoms with van der Waals surface area (Å²) in [5.41, 5.74) is 0.624. The standard InChI is InChI=1S/C14H20N2O3S/c1-10-13(11(9-20-10)14(18)19)15-12(17)8-16-6-4-2-3-5-7-16/h9H,2-8H2,1H3,(H,15,17)(H,18,19). The maximum atomic E-state index is 12.1. The average molecular weight is 296 g/mol.